The number of fused-ring (bicyclic) bond motifs is 2. The second-order valence-electron chi connectivity index (χ2n) is 8.09. The molecular formula is C25H25N3O4S. The molecule has 0 bridgehead atoms. The van der Waals surface area contributed by atoms with Gasteiger partial charge in [-0.15, -0.1) is 0 Å². The fraction of sp³-hybridized carbons (Fsp3) is 0.240. The average Bonchev–Trinajstić information content (AvgIpc) is 3.00. The molecule has 1 atom stereocenters. The van der Waals surface area contributed by atoms with Crippen LogP contribution in [0.2, 0.25) is 0 Å². The first-order valence-corrected chi connectivity index (χ1v) is 12.3. The summed E-state index contributed by atoms with van der Waals surface area (Å²) in [5, 5.41) is 0. The Bertz CT molecular complexity index is 1310. The zero-order valence-electron chi connectivity index (χ0n) is 18.5. The summed E-state index contributed by atoms with van der Waals surface area (Å²) in [6.45, 7) is 3.33. The van der Waals surface area contributed by atoms with Crippen LogP contribution in [-0.4, -0.2) is 56.2 Å². The molecule has 0 spiro atoms. The summed E-state index contributed by atoms with van der Waals surface area (Å²) in [6, 6.07) is 21.7. The molecule has 2 aliphatic heterocycles. The predicted octanol–water partition coefficient (Wildman–Crippen LogP) is 4.27. The van der Waals surface area contributed by atoms with Crippen molar-refractivity contribution in [1.29, 1.82) is 0 Å². The standard InChI is InChI=1S/C25H25N3O4S/c1-18-17-27(14-15-28(18)33(29,30)20-8-4-3-5-9-20)25-21-13-12-19(31-2)16-24(21)32-23-11-7-6-10-22(23)26-25/h3-13,16,18H,14-15,17H2,1-2H3. The van der Waals surface area contributed by atoms with E-state index in [4.69, 9.17) is 14.5 Å². The van der Waals surface area contributed by atoms with Crippen LogP contribution in [0.4, 0.5) is 5.69 Å². The molecular weight excluding hydrogens is 438 g/mol. The smallest absolute Gasteiger partial charge is 0.243 e. The Kier molecular flexibility index (Phi) is 5.55. The number of hydrogen-bond acceptors (Lipinski definition) is 6. The fourth-order valence-corrected chi connectivity index (χ4v) is 5.92. The van der Waals surface area contributed by atoms with Gasteiger partial charge >= 0.3 is 0 Å². The van der Waals surface area contributed by atoms with Crippen molar-refractivity contribution < 1.29 is 17.9 Å². The highest BCUT2D eigenvalue weighted by molar-refractivity contribution is 7.89. The number of ether oxygens (including phenoxy) is 2. The average molecular weight is 464 g/mol. The number of aliphatic imine (C=N–C) groups is 1. The molecule has 5 rings (SSSR count). The zero-order valence-corrected chi connectivity index (χ0v) is 19.3. The number of hydrogen-bond donors (Lipinski definition) is 0. The molecule has 2 heterocycles. The van der Waals surface area contributed by atoms with Gasteiger partial charge in [-0.25, -0.2) is 13.4 Å². The lowest BCUT2D eigenvalue weighted by Gasteiger charge is -2.40. The van der Waals surface area contributed by atoms with Gasteiger partial charge in [-0.2, -0.15) is 4.31 Å². The van der Waals surface area contributed by atoms with E-state index in [9.17, 15) is 8.42 Å². The Morgan fingerprint density at radius 2 is 1.73 bits per heavy atom. The quantitative estimate of drug-likeness (QED) is 0.580. The number of methoxy groups -OCH3 is 1. The van der Waals surface area contributed by atoms with E-state index in [1.165, 1.54) is 0 Å². The van der Waals surface area contributed by atoms with Gasteiger partial charge in [0.2, 0.25) is 10.0 Å². The Labute approximate surface area is 193 Å². The maximum Gasteiger partial charge on any atom is 0.243 e. The maximum absolute atomic E-state index is 13.2. The lowest BCUT2D eigenvalue weighted by molar-refractivity contribution is 0.205. The van der Waals surface area contributed by atoms with Crippen LogP contribution in [0.3, 0.4) is 0 Å². The molecule has 1 saturated heterocycles. The number of rotatable bonds is 3. The van der Waals surface area contributed by atoms with Gasteiger partial charge < -0.3 is 14.4 Å². The van der Waals surface area contributed by atoms with Gasteiger partial charge in [0.15, 0.2) is 5.75 Å². The number of benzene rings is 3. The minimum Gasteiger partial charge on any atom is -0.497 e. The molecule has 3 aromatic carbocycles. The van der Waals surface area contributed by atoms with Gasteiger partial charge in [0.25, 0.3) is 0 Å². The Balaban J connectivity index is 1.49. The van der Waals surface area contributed by atoms with Gasteiger partial charge in [0.1, 0.15) is 23.0 Å². The number of amidine groups is 1. The number of nitrogens with zero attached hydrogens (tertiary/aromatic N) is 3. The van der Waals surface area contributed by atoms with E-state index >= 15 is 0 Å². The van der Waals surface area contributed by atoms with Gasteiger partial charge in [-0.3, -0.25) is 0 Å². The summed E-state index contributed by atoms with van der Waals surface area (Å²) in [5.41, 5.74) is 1.58. The third kappa shape index (κ3) is 3.96. The van der Waals surface area contributed by atoms with Gasteiger partial charge in [-0.05, 0) is 43.3 Å². The predicted molar refractivity (Wildman–Crippen MR) is 127 cm³/mol. The van der Waals surface area contributed by atoms with Gasteiger partial charge in [0, 0.05) is 31.7 Å². The van der Waals surface area contributed by atoms with Crippen LogP contribution in [0.5, 0.6) is 17.2 Å². The molecule has 8 heteroatoms. The van der Waals surface area contributed by atoms with Crippen LogP contribution in [0.1, 0.15) is 12.5 Å². The lowest BCUT2D eigenvalue weighted by Crippen LogP contribution is -2.55. The Hall–Kier alpha value is -3.36. The largest absolute Gasteiger partial charge is 0.497 e. The summed E-state index contributed by atoms with van der Waals surface area (Å²) in [6.07, 6.45) is 0. The van der Waals surface area contributed by atoms with E-state index in [1.54, 1.807) is 35.7 Å². The Morgan fingerprint density at radius 3 is 2.48 bits per heavy atom. The zero-order chi connectivity index (χ0) is 23.0. The van der Waals surface area contributed by atoms with E-state index in [0.717, 1.165) is 17.1 Å². The van der Waals surface area contributed by atoms with Crippen molar-refractivity contribution in [1.82, 2.24) is 9.21 Å². The van der Waals surface area contributed by atoms with E-state index in [2.05, 4.69) is 4.90 Å². The topological polar surface area (TPSA) is 71.4 Å². The minimum absolute atomic E-state index is 0.229. The molecule has 0 radical (unpaired) electrons. The minimum atomic E-state index is -3.57. The van der Waals surface area contributed by atoms with Crippen LogP contribution in [0, 0.1) is 0 Å². The SMILES string of the molecule is COc1ccc2c(c1)Oc1ccccc1N=C2N1CCN(S(=O)(=O)c2ccccc2)C(C)C1. The number of piperazine rings is 1. The van der Waals surface area contributed by atoms with Crippen molar-refractivity contribution in [2.45, 2.75) is 17.9 Å². The molecule has 0 aromatic heterocycles. The lowest BCUT2D eigenvalue weighted by atomic mass is 10.1. The molecule has 0 aliphatic carbocycles. The fourth-order valence-electron chi connectivity index (χ4n) is 4.29. The molecule has 170 valence electrons. The van der Waals surface area contributed by atoms with Crippen molar-refractivity contribution in [3.05, 3.63) is 78.4 Å². The van der Waals surface area contributed by atoms with Crippen molar-refractivity contribution >= 4 is 21.5 Å². The summed E-state index contributed by atoms with van der Waals surface area (Å²) in [5.74, 6) is 2.78. The first-order chi connectivity index (χ1) is 16.0. The molecule has 0 N–H and O–H groups in total. The second-order valence-corrected chi connectivity index (χ2v) is 9.98. The van der Waals surface area contributed by atoms with Crippen molar-refractivity contribution in [3.63, 3.8) is 0 Å². The summed E-state index contributed by atoms with van der Waals surface area (Å²) in [7, 11) is -1.94. The molecule has 1 unspecified atom stereocenters. The maximum atomic E-state index is 13.2. The highest BCUT2D eigenvalue weighted by Gasteiger charge is 2.36. The first-order valence-electron chi connectivity index (χ1n) is 10.8. The first kappa shape index (κ1) is 21.5. The van der Waals surface area contributed by atoms with E-state index in [1.807, 2.05) is 55.5 Å². The van der Waals surface area contributed by atoms with Gasteiger partial charge in [0.05, 0.1) is 17.6 Å². The van der Waals surface area contributed by atoms with Crippen LogP contribution < -0.4 is 9.47 Å². The van der Waals surface area contributed by atoms with Crippen molar-refractivity contribution in [2.24, 2.45) is 4.99 Å². The highest BCUT2D eigenvalue weighted by atomic mass is 32.2. The highest BCUT2D eigenvalue weighted by Crippen LogP contribution is 2.39. The number of sulfonamides is 1. The van der Waals surface area contributed by atoms with Gasteiger partial charge in [-0.1, -0.05) is 30.3 Å². The molecule has 1 fully saturated rings. The summed E-state index contributed by atoms with van der Waals surface area (Å²) < 4.78 is 39.6. The van der Waals surface area contributed by atoms with E-state index < -0.39 is 10.0 Å². The van der Waals surface area contributed by atoms with E-state index in [0.29, 0.717) is 41.8 Å². The molecule has 7 nitrogen and oxygen atoms in total. The summed E-state index contributed by atoms with van der Waals surface area (Å²) in [4.78, 5) is 7.40. The number of para-hydroxylation sites is 2. The van der Waals surface area contributed by atoms with Crippen LogP contribution in [0.25, 0.3) is 0 Å². The van der Waals surface area contributed by atoms with Crippen LogP contribution in [0.15, 0.2) is 82.7 Å². The van der Waals surface area contributed by atoms with Crippen molar-refractivity contribution in [2.75, 3.05) is 26.7 Å². The van der Waals surface area contributed by atoms with Crippen LogP contribution in [-0.2, 0) is 10.0 Å². The summed E-state index contributed by atoms with van der Waals surface area (Å²) >= 11 is 0. The second kappa shape index (κ2) is 8.53. The third-order valence-electron chi connectivity index (χ3n) is 5.96. The van der Waals surface area contributed by atoms with Crippen LogP contribution >= 0.6 is 0 Å². The van der Waals surface area contributed by atoms with Crippen molar-refractivity contribution in [3.8, 4) is 17.2 Å². The van der Waals surface area contributed by atoms with E-state index in [-0.39, 0.29) is 6.04 Å². The Morgan fingerprint density at radius 1 is 0.970 bits per heavy atom. The molecule has 2 aliphatic rings. The molecule has 3 aromatic rings. The molecule has 0 amide bonds. The normalized spacial score (nSPS) is 18.4. The molecule has 33 heavy (non-hydrogen) atoms. The molecule has 0 saturated carbocycles. The monoisotopic (exact) mass is 463 g/mol. The third-order valence-corrected chi connectivity index (χ3v) is 7.98.